The van der Waals surface area contributed by atoms with E-state index < -0.39 is 45.8 Å². The quantitative estimate of drug-likeness (QED) is 0.200. The van der Waals surface area contributed by atoms with Gasteiger partial charge < -0.3 is 10.2 Å². The van der Waals surface area contributed by atoms with Crippen LogP contribution in [-0.2, 0) is 32.6 Å². The van der Waals surface area contributed by atoms with Gasteiger partial charge in [0.1, 0.15) is 18.4 Å². The fourth-order valence-corrected chi connectivity index (χ4v) is 6.37. The summed E-state index contributed by atoms with van der Waals surface area (Å²) in [6.45, 7) is 6.70. The Bertz CT molecular complexity index is 1730. The molecule has 0 saturated carbocycles. The largest absolute Gasteiger partial charge is 0.350 e. The van der Waals surface area contributed by atoms with Crippen LogP contribution in [0.2, 0.25) is 5.02 Å². The average Bonchev–Trinajstić information content (AvgIpc) is 2.98. The van der Waals surface area contributed by atoms with E-state index in [-0.39, 0.29) is 17.9 Å². The molecule has 4 rings (SSSR count). The third kappa shape index (κ3) is 9.15. The number of aryl methyl sites for hydroxylation is 1. The van der Waals surface area contributed by atoms with E-state index in [4.69, 9.17) is 11.6 Å². The summed E-state index contributed by atoms with van der Waals surface area (Å²) < 4.78 is 43.0. The molecular weight excluding hydrogens is 613 g/mol. The standard InChI is InChI=1S/C35H37ClFN3O4S/c1-25-9-8-12-30(21-25)40(45(43,44)31-19-15-28(36)16-20-31)24-33(41)39(23-27-13-17-29(37)18-14-27)32(34(42)38-35(2,3)4)22-26-10-6-5-7-11-26/h5-21,32H,22-24H2,1-4H3,(H,38,42). The minimum atomic E-state index is -4.25. The van der Waals surface area contributed by atoms with Crippen molar-refractivity contribution < 1.29 is 22.4 Å². The smallest absolute Gasteiger partial charge is 0.264 e. The van der Waals surface area contributed by atoms with E-state index in [0.717, 1.165) is 15.4 Å². The zero-order valence-corrected chi connectivity index (χ0v) is 27.3. The fourth-order valence-electron chi connectivity index (χ4n) is 4.84. The molecular formula is C35H37ClFN3O4S. The Kier molecular flexibility index (Phi) is 10.7. The van der Waals surface area contributed by atoms with Crippen molar-refractivity contribution in [2.75, 3.05) is 10.8 Å². The van der Waals surface area contributed by atoms with Crippen LogP contribution in [0.3, 0.4) is 0 Å². The summed E-state index contributed by atoms with van der Waals surface area (Å²) >= 11 is 6.04. The molecule has 45 heavy (non-hydrogen) atoms. The molecule has 10 heteroatoms. The lowest BCUT2D eigenvalue weighted by molar-refractivity contribution is -0.140. The normalized spacial score (nSPS) is 12.3. The van der Waals surface area contributed by atoms with E-state index in [9.17, 15) is 22.4 Å². The summed E-state index contributed by atoms with van der Waals surface area (Å²) in [5, 5.41) is 3.35. The number of halogens is 2. The van der Waals surface area contributed by atoms with Gasteiger partial charge in [-0.1, -0.05) is 66.2 Å². The van der Waals surface area contributed by atoms with Crippen LogP contribution >= 0.6 is 11.6 Å². The van der Waals surface area contributed by atoms with Gasteiger partial charge in [-0.15, -0.1) is 0 Å². The van der Waals surface area contributed by atoms with Crippen molar-refractivity contribution in [3.8, 4) is 0 Å². The van der Waals surface area contributed by atoms with Gasteiger partial charge in [0, 0.05) is 23.5 Å². The number of carbonyl (C=O) groups excluding carboxylic acids is 2. The minimum absolute atomic E-state index is 0.0439. The Morgan fingerprint density at radius 1 is 0.867 bits per heavy atom. The number of benzene rings is 4. The molecule has 0 bridgehead atoms. The molecule has 7 nitrogen and oxygen atoms in total. The van der Waals surface area contributed by atoms with E-state index in [1.807, 2.05) is 64.1 Å². The number of hydrogen-bond donors (Lipinski definition) is 1. The zero-order chi connectivity index (χ0) is 32.8. The summed E-state index contributed by atoms with van der Waals surface area (Å²) in [5.74, 6) is -1.45. The van der Waals surface area contributed by atoms with Crippen LogP contribution in [0.15, 0.2) is 108 Å². The first kappa shape index (κ1) is 33.7. The molecule has 4 aromatic rings. The van der Waals surface area contributed by atoms with Gasteiger partial charge in [-0.05, 0) is 92.9 Å². The van der Waals surface area contributed by atoms with Gasteiger partial charge in [0.15, 0.2) is 0 Å². The Labute approximate surface area is 269 Å². The number of nitrogens with zero attached hydrogens (tertiary/aromatic N) is 2. The summed E-state index contributed by atoms with van der Waals surface area (Å²) in [6, 6.07) is 26.5. The lowest BCUT2D eigenvalue weighted by Crippen LogP contribution is -2.56. The molecule has 236 valence electrons. The van der Waals surface area contributed by atoms with Crippen molar-refractivity contribution >= 4 is 39.1 Å². The molecule has 0 aromatic heterocycles. The molecule has 0 aliphatic carbocycles. The molecule has 0 spiro atoms. The predicted octanol–water partition coefficient (Wildman–Crippen LogP) is 6.54. The second kappa shape index (κ2) is 14.3. The van der Waals surface area contributed by atoms with Gasteiger partial charge in [0.2, 0.25) is 11.8 Å². The van der Waals surface area contributed by atoms with Crippen LogP contribution in [0.1, 0.15) is 37.5 Å². The van der Waals surface area contributed by atoms with Crippen molar-refractivity contribution in [3.63, 3.8) is 0 Å². The molecule has 0 aliphatic heterocycles. The molecule has 0 aliphatic rings. The SMILES string of the molecule is Cc1cccc(N(CC(=O)N(Cc2ccc(F)cc2)C(Cc2ccccc2)C(=O)NC(C)(C)C)S(=O)(=O)c2ccc(Cl)cc2)c1. The van der Waals surface area contributed by atoms with Gasteiger partial charge >= 0.3 is 0 Å². The van der Waals surface area contributed by atoms with Crippen LogP contribution in [0, 0.1) is 12.7 Å². The van der Waals surface area contributed by atoms with Crippen molar-refractivity contribution in [1.29, 1.82) is 0 Å². The van der Waals surface area contributed by atoms with Crippen LogP contribution in [0.5, 0.6) is 0 Å². The topological polar surface area (TPSA) is 86.8 Å². The maximum atomic E-state index is 14.5. The third-order valence-electron chi connectivity index (χ3n) is 7.01. The van der Waals surface area contributed by atoms with E-state index >= 15 is 0 Å². The Morgan fingerprint density at radius 2 is 1.51 bits per heavy atom. The first-order chi connectivity index (χ1) is 21.2. The molecule has 0 radical (unpaired) electrons. The maximum Gasteiger partial charge on any atom is 0.264 e. The number of rotatable bonds is 11. The number of anilines is 1. The number of hydrogen-bond acceptors (Lipinski definition) is 4. The number of sulfonamides is 1. The molecule has 1 atom stereocenters. The predicted molar refractivity (Wildman–Crippen MR) is 176 cm³/mol. The van der Waals surface area contributed by atoms with Crippen LogP contribution in [-0.4, -0.2) is 43.3 Å². The summed E-state index contributed by atoms with van der Waals surface area (Å²) in [5.41, 5.74) is 1.87. The van der Waals surface area contributed by atoms with Crippen LogP contribution < -0.4 is 9.62 Å². The summed E-state index contributed by atoms with van der Waals surface area (Å²) in [7, 11) is -4.25. The number of carbonyl (C=O) groups is 2. The number of amides is 2. The van der Waals surface area contributed by atoms with Crippen LogP contribution in [0.4, 0.5) is 10.1 Å². The molecule has 4 aromatic carbocycles. The second-order valence-corrected chi connectivity index (χ2v) is 14.2. The Morgan fingerprint density at radius 3 is 2.11 bits per heavy atom. The second-order valence-electron chi connectivity index (χ2n) is 11.9. The minimum Gasteiger partial charge on any atom is -0.350 e. The Balaban J connectivity index is 1.81. The highest BCUT2D eigenvalue weighted by Gasteiger charge is 2.35. The highest BCUT2D eigenvalue weighted by Crippen LogP contribution is 2.27. The van der Waals surface area contributed by atoms with E-state index in [0.29, 0.717) is 16.3 Å². The first-order valence-electron chi connectivity index (χ1n) is 14.5. The first-order valence-corrected chi connectivity index (χ1v) is 16.3. The Hall–Kier alpha value is -4.21. The van der Waals surface area contributed by atoms with Crippen molar-refractivity contribution in [2.24, 2.45) is 0 Å². The highest BCUT2D eigenvalue weighted by atomic mass is 35.5. The van der Waals surface area contributed by atoms with Crippen molar-refractivity contribution in [1.82, 2.24) is 10.2 Å². The van der Waals surface area contributed by atoms with Gasteiger partial charge in [-0.2, -0.15) is 0 Å². The van der Waals surface area contributed by atoms with Gasteiger partial charge in [0.05, 0.1) is 10.6 Å². The molecule has 0 saturated heterocycles. The van der Waals surface area contributed by atoms with E-state index in [1.165, 1.54) is 41.3 Å². The zero-order valence-electron chi connectivity index (χ0n) is 25.7. The molecule has 0 heterocycles. The molecule has 1 N–H and O–H groups in total. The van der Waals surface area contributed by atoms with Crippen LogP contribution in [0.25, 0.3) is 0 Å². The van der Waals surface area contributed by atoms with E-state index in [1.54, 1.807) is 30.3 Å². The number of nitrogens with one attached hydrogen (secondary N) is 1. The monoisotopic (exact) mass is 649 g/mol. The van der Waals surface area contributed by atoms with E-state index in [2.05, 4.69) is 5.32 Å². The third-order valence-corrected chi connectivity index (χ3v) is 9.05. The van der Waals surface area contributed by atoms with Gasteiger partial charge in [-0.25, -0.2) is 12.8 Å². The average molecular weight is 650 g/mol. The maximum absolute atomic E-state index is 14.5. The fraction of sp³-hybridized carbons (Fsp3) is 0.257. The molecule has 1 unspecified atom stereocenters. The molecule has 2 amide bonds. The van der Waals surface area contributed by atoms with Gasteiger partial charge in [0.25, 0.3) is 10.0 Å². The molecule has 0 fully saturated rings. The highest BCUT2D eigenvalue weighted by molar-refractivity contribution is 7.92. The summed E-state index contributed by atoms with van der Waals surface area (Å²) in [4.78, 5) is 29.7. The lowest BCUT2D eigenvalue weighted by atomic mass is 10.0. The van der Waals surface area contributed by atoms with Crippen molar-refractivity contribution in [2.45, 2.75) is 57.1 Å². The van der Waals surface area contributed by atoms with Gasteiger partial charge in [-0.3, -0.25) is 13.9 Å². The summed E-state index contributed by atoms with van der Waals surface area (Å²) in [6.07, 6.45) is 0.171. The lowest BCUT2D eigenvalue weighted by Gasteiger charge is -2.35. The van der Waals surface area contributed by atoms with Crippen molar-refractivity contribution in [3.05, 3.63) is 131 Å².